The summed E-state index contributed by atoms with van der Waals surface area (Å²) in [5.74, 6) is 1.47. The van der Waals surface area contributed by atoms with Crippen LogP contribution >= 0.6 is 0 Å². The lowest BCUT2D eigenvalue weighted by molar-refractivity contribution is -0.117. The van der Waals surface area contributed by atoms with Crippen LogP contribution in [0.2, 0.25) is 0 Å². The number of rotatable bonds is 1. The Hall–Kier alpha value is -2.87. The SMILES string of the molecule is CC1(N)CCN(c2cnc3c(n2)CN=C3N2C(=O)CCc3ncccc32)CC1. The molecular weight excluding hydrogens is 354 g/mol. The van der Waals surface area contributed by atoms with Crippen LogP contribution in [-0.2, 0) is 17.8 Å². The smallest absolute Gasteiger partial charge is 0.233 e. The van der Waals surface area contributed by atoms with Crippen LogP contribution in [0.25, 0.3) is 0 Å². The first kappa shape index (κ1) is 17.2. The van der Waals surface area contributed by atoms with Crippen molar-refractivity contribution in [3.8, 4) is 0 Å². The average molecular weight is 377 g/mol. The van der Waals surface area contributed by atoms with Gasteiger partial charge < -0.3 is 10.6 Å². The summed E-state index contributed by atoms with van der Waals surface area (Å²) in [5.41, 5.74) is 9.36. The van der Waals surface area contributed by atoms with Crippen molar-refractivity contribution >= 4 is 23.2 Å². The molecule has 2 N–H and O–H groups in total. The van der Waals surface area contributed by atoms with Crippen molar-refractivity contribution in [1.29, 1.82) is 0 Å². The van der Waals surface area contributed by atoms with Crippen LogP contribution < -0.4 is 15.5 Å². The topological polar surface area (TPSA) is 101 Å². The molecule has 0 radical (unpaired) electrons. The van der Waals surface area contributed by atoms with Gasteiger partial charge in [-0.1, -0.05) is 0 Å². The van der Waals surface area contributed by atoms with Crippen LogP contribution in [0.4, 0.5) is 11.5 Å². The first-order chi connectivity index (χ1) is 13.5. The van der Waals surface area contributed by atoms with Crippen molar-refractivity contribution < 1.29 is 4.79 Å². The number of fused-ring (bicyclic) bond motifs is 2. The standard InChI is InChI=1S/C20H23N7O/c1-20(21)6-9-26(10-7-20)16-12-23-18-14(25-16)11-24-19(18)27-15-3-2-8-22-13(15)4-5-17(27)28/h2-3,8,12H,4-7,9-11,21H2,1H3. The van der Waals surface area contributed by atoms with Crippen molar-refractivity contribution in [1.82, 2.24) is 15.0 Å². The minimum Gasteiger partial charge on any atom is -0.355 e. The van der Waals surface area contributed by atoms with Crippen molar-refractivity contribution in [2.24, 2.45) is 10.7 Å². The second kappa shape index (κ2) is 6.34. The highest BCUT2D eigenvalue weighted by molar-refractivity contribution is 6.24. The van der Waals surface area contributed by atoms with Gasteiger partial charge in [-0.15, -0.1) is 0 Å². The second-order valence-corrected chi connectivity index (χ2v) is 8.00. The Balaban J connectivity index is 1.44. The number of nitrogens with two attached hydrogens (primary N) is 1. The van der Waals surface area contributed by atoms with Crippen LogP contribution in [0, 0.1) is 0 Å². The molecule has 0 atom stereocenters. The summed E-state index contributed by atoms with van der Waals surface area (Å²) in [6.45, 7) is 4.28. The second-order valence-electron chi connectivity index (χ2n) is 8.00. The molecule has 2 aromatic rings. The van der Waals surface area contributed by atoms with Gasteiger partial charge >= 0.3 is 0 Å². The monoisotopic (exact) mass is 377 g/mol. The number of amides is 1. The molecule has 1 amide bonds. The molecule has 3 aliphatic rings. The third-order valence-corrected chi connectivity index (χ3v) is 5.80. The van der Waals surface area contributed by atoms with Crippen molar-refractivity contribution in [2.45, 2.75) is 44.7 Å². The number of aryl methyl sites for hydroxylation is 1. The molecule has 0 unspecified atom stereocenters. The van der Waals surface area contributed by atoms with Gasteiger partial charge in [0.05, 0.1) is 29.8 Å². The van der Waals surface area contributed by atoms with E-state index in [1.165, 1.54) is 0 Å². The third kappa shape index (κ3) is 2.84. The Labute approximate surface area is 163 Å². The van der Waals surface area contributed by atoms with Gasteiger partial charge in [-0.3, -0.25) is 19.7 Å². The van der Waals surface area contributed by atoms with E-state index in [9.17, 15) is 4.79 Å². The van der Waals surface area contributed by atoms with Crippen LogP contribution in [-0.4, -0.2) is 45.3 Å². The molecule has 28 heavy (non-hydrogen) atoms. The zero-order valence-corrected chi connectivity index (χ0v) is 15.9. The first-order valence-corrected chi connectivity index (χ1v) is 9.73. The number of aliphatic imine (C=N–C) groups is 1. The molecule has 0 aliphatic carbocycles. The molecule has 5 rings (SSSR count). The fourth-order valence-corrected chi connectivity index (χ4v) is 4.04. The Bertz CT molecular complexity index is 974. The minimum absolute atomic E-state index is 0.0243. The number of piperidine rings is 1. The number of hydrogen-bond acceptors (Lipinski definition) is 7. The maximum Gasteiger partial charge on any atom is 0.233 e. The average Bonchev–Trinajstić information content (AvgIpc) is 3.11. The van der Waals surface area contributed by atoms with Gasteiger partial charge in [0, 0.05) is 37.7 Å². The fourth-order valence-electron chi connectivity index (χ4n) is 4.04. The van der Waals surface area contributed by atoms with Crippen molar-refractivity contribution in [3.05, 3.63) is 41.6 Å². The van der Waals surface area contributed by atoms with Crippen LogP contribution in [0.5, 0.6) is 0 Å². The number of aromatic nitrogens is 3. The summed E-state index contributed by atoms with van der Waals surface area (Å²) in [5, 5.41) is 0. The molecule has 8 nitrogen and oxygen atoms in total. The maximum absolute atomic E-state index is 12.7. The summed E-state index contributed by atoms with van der Waals surface area (Å²) in [6, 6.07) is 3.76. The van der Waals surface area contributed by atoms with Crippen LogP contribution in [0.3, 0.4) is 0 Å². The van der Waals surface area contributed by atoms with Crippen LogP contribution in [0.15, 0.2) is 29.5 Å². The van der Waals surface area contributed by atoms with Crippen molar-refractivity contribution in [3.63, 3.8) is 0 Å². The largest absolute Gasteiger partial charge is 0.355 e. The lowest BCUT2D eigenvalue weighted by atomic mass is 9.91. The Morgan fingerprint density at radius 2 is 1.96 bits per heavy atom. The van der Waals surface area contributed by atoms with E-state index < -0.39 is 0 Å². The molecule has 0 spiro atoms. The summed E-state index contributed by atoms with van der Waals surface area (Å²) in [7, 11) is 0. The molecule has 1 saturated heterocycles. The van der Waals surface area contributed by atoms with Crippen LogP contribution in [0.1, 0.15) is 43.3 Å². The van der Waals surface area contributed by atoms with Crippen molar-refractivity contribution in [2.75, 3.05) is 22.9 Å². The number of amidine groups is 1. The van der Waals surface area contributed by atoms with E-state index in [1.54, 1.807) is 17.3 Å². The zero-order valence-electron chi connectivity index (χ0n) is 15.9. The van der Waals surface area contributed by atoms with E-state index in [2.05, 4.69) is 26.8 Å². The molecule has 1 fully saturated rings. The molecule has 0 bridgehead atoms. The Kier molecular flexibility index (Phi) is 3.90. The van der Waals surface area contributed by atoms with E-state index in [0.717, 1.165) is 48.8 Å². The third-order valence-electron chi connectivity index (χ3n) is 5.80. The lowest BCUT2D eigenvalue weighted by Gasteiger charge is -2.37. The Morgan fingerprint density at radius 3 is 2.79 bits per heavy atom. The summed E-state index contributed by atoms with van der Waals surface area (Å²) in [6.07, 6.45) is 6.49. The molecule has 5 heterocycles. The molecule has 2 aromatic heterocycles. The predicted octanol–water partition coefficient (Wildman–Crippen LogP) is 1.43. The Morgan fingerprint density at radius 1 is 1.14 bits per heavy atom. The number of carbonyl (C=O) groups excluding carboxylic acids is 1. The van der Waals surface area contributed by atoms with Gasteiger partial charge in [0.15, 0.2) is 5.84 Å². The van der Waals surface area contributed by atoms with E-state index in [-0.39, 0.29) is 11.4 Å². The highest BCUT2D eigenvalue weighted by Crippen LogP contribution is 2.31. The van der Waals surface area contributed by atoms with E-state index >= 15 is 0 Å². The maximum atomic E-state index is 12.7. The first-order valence-electron chi connectivity index (χ1n) is 9.73. The predicted molar refractivity (Wildman–Crippen MR) is 106 cm³/mol. The lowest BCUT2D eigenvalue weighted by Crippen LogP contribution is -2.48. The highest BCUT2D eigenvalue weighted by atomic mass is 16.2. The molecular formula is C20H23N7O. The summed E-state index contributed by atoms with van der Waals surface area (Å²) >= 11 is 0. The quantitative estimate of drug-likeness (QED) is 0.807. The van der Waals surface area contributed by atoms with Gasteiger partial charge in [0.2, 0.25) is 5.91 Å². The number of hydrogen-bond donors (Lipinski definition) is 1. The minimum atomic E-state index is -0.104. The summed E-state index contributed by atoms with van der Waals surface area (Å²) < 4.78 is 0. The van der Waals surface area contributed by atoms with Gasteiger partial charge in [-0.2, -0.15) is 0 Å². The molecule has 0 saturated carbocycles. The van der Waals surface area contributed by atoms with Gasteiger partial charge in [0.1, 0.15) is 11.5 Å². The molecule has 144 valence electrons. The molecule has 3 aliphatic heterocycles. The molecule has 8 heteroatoms. The number of pyridine rings is 1. The number of carbonyl (C=O) groups is 1. The van der Waals surface area contributed by atoms with E-state index in [0.29, 0.717) is 30.9 Å². The highest BCUT2D eigenvalue weighted by Gasteiger charge is 2.34. The fraction of sp³-hybridized carbons (Fsp3) is 0.450. The summed E-state index contributed by atoms with van der Waals surface area (Å²) in [4.78, 5) is 35.1. The van der Waals surface area contributed by atoms with Gasteiger partial charge in [-0.05, 0) is 31.9 Å². The molecule has 0 aromatic carbocycles. The normalized spacial score (nSPS) is 20.6. The van der Waals surface area contributed by atoms with E-state index in [4.69, 9.17) is 10.7 Å². The number of nitrogens with zero attached hydrogens (tertiary/aromatic N) is 6. The van der Waals surface area contributed by atoms with Gasteiger partial charge in [-0.25, -0.2) is 9.97 Å². The zero-order chi connectivity index (χ0) is 19.3. The number of anilines is 2. The van der Waals surface area contributed by atoms with E-state index in [1.807, 2.05) is 12.1 Å². The van der Waals surface area contributed by atoms with Gasteiger partial charge in [0.25, 0.3) is 0 Å².